The number of hydrogen-bond donors (Lipinski definition) is 1. The molecule has 108 valence electrons. The second kappa shape index (κ2) is 5.88. The molecule has 2 rings (SSSR count). The number of rotatable bonds is 4. The van der Waals surface area contributed by atoms with Crippen LogP contribution in [0.3, 0.4) is 0 Å². The molecule has 0 radical (unpaired) electrons. The third-order valence-corrected chi connectivity index (χ3v) is 3.29. The van der Waals surface area contributed by atoms with E-state index in [2.05, 4.69) is 4.37 Å². The highest BCUT2D eigenvalue weighted by atomic mass is 32.1. The molecule has 0 aliphatic carbocycles. The maximum absolute atomic E-state index is 13.4. The summed E-state index contributed by atoms with van der Waals surface area (Å²) in [5.74, 6) is -5.66. The van der Waals surface area contributed by atoms with Crippen molar-refractivity contribution in [3.05, 3.63) is 57.9 Å². The predicted octanol–water partition coefficient (Wildman–Crippen LogP) is 2.56. The summed E-state index contributed by atoms with van der Waals surface area (Å²) >= 11 is 0.751. The van der Waals surface area contributed by atoms with Crippen LogP contribution >= 0.6 is 11.5 Å². The van der Waals surface area contributed by atoms with E-state index in [9.17, 15) is 22.8 Å². The Kier molecular flexibility index (Phi) is 4.18. The van der Waals surface area contributed by atoms with Crippen LogP contribution in [-0.2, 0) is 0 Å². The number of aromatic nitrogens is 1. The molecule has 1 aromatic carbocycles. The van der Waals surface area contributed by atoms with Crippen LogP contribution in [0.5, 0.6) is 0 Å². The minimum atomic E-state index is -1.61. The summed E-state index contributed by atoms with van der Waals surface area (Å²) in [5.41, 5.74) is 4.66. The number of halogens is 3. The molecule has 4 nitrogen and oxygen atoms in total. The van der Waals surface area contributed by atoms with E-state index in [0.717, 1.165) is 35.8 Å². The van der Waals surface area contributed by atoms with Gasteiger partial charge in [0.05, 0.1) is 4.88 Å². The molecule has 21 heavy (non-hydrogen) atoms. The third-order valence-electron chi connectivity index (χ3n) is 2.48. The van der Waals surface area contributed by atoms with Gasteiger partial charge in [0.2, 0.25) is 0 Å². The minimum absolute atomic E-state index is 0.0595. The van der Waals surface area contributed by atoms with Gasteiger partial charge < -0.3 is 5.73 Å². The van der Waals surface area contributed by atoms with Gasteiger partial charge in [0, 0.05) is 5.56 Å². The van der Waals surface area contributed by atoms with Gasteiger partial charge in [-0.1, -0.05) is 0 Å². The molecule has 0 aliphatic rings. The zero-order chi connectivity index (χ0) is 15.6. The van der Waals surface area contributed by atoms with Crippen LogP contribution in [0.25, 0.3) is 6.08 Å². The van der Waals surface area contributed by atoms with Crippen molar-refractivity contribution in [3.63, 3.8) is 0 Å². The molecule has 1 heterocycles. The number of nitrogens with zero attached hydrogens (tertiary/aromatic N) is 1. The zero-order valence-corrected chi connectivity index (χ0v) is 11.1. The lowest BCUT2D eigenvalue weighted by atomic mass is 10.1. The smallest absolute Gasteiger partial charge is 0.268 e. The van der Waals surface area contributed by atoms with Crippen LogP contribution in [0.2, 0.25) is 0 Å². The van der Waals surface area contributed by atoms with Gasteiger partial charge in [-0.05, 0) is 41.9 Å². The van der Waals surface area contributed by atoms with Crippen molar-refractivity contribution < 1.29 is 22.8 Å². The lowest BCUT2D eigenvalue weighted by Crippen LogP contribution is -2.10. The largest absolute Gasteiger partial charge is 0.364 e. The highest BCUT2D eigenvalue weighted by molar-refractivity contribution is 7.08. The van der Waals surface area contributed by atoms with Gasteiger partial charge in [-0.25, -0.2) is 13.2 Å². The molecular weight excluding hydrogens is 305 g/mol. The van der Waals surface area contributed by atoms with E-state index in [0.29, 0.717) is 0 Å². The standard InChI is InChI=1S/C13H7F3N2O2S/c14-7-3-1-6(11(15)12(7)16)2-4-9(19)10-5-8(13(17)20)18-21-10/h1-5H,(H2,17,20). The number of nitrogens with two attached hydrogens (primary N) is 1. The van der Waals surface area contributed by atoms with Gasteiger partial charge in [0.1, 0.15) is 5.69 Å². The van der Waals surface area contributed by atoms with Crippen molar-refractivity contribution in [3.8, 4) is 0 Å². The van der Waals surface area contributed by atoms with E-state index >= 15 is 0 Å². The first kappa shape index (κ1) is 14.9. The number of carbonyl (C=O) groups excluding carboxylic acids is 2. The number of allylic oxidation sites excluding steroid dienone is 1. The first-order valence-corrected chi connectivity index (χ1v) is 6.30. The van der Waals surface area contributed by atoms with Gasteiger partial charge in [-0.3, -0.25) is 9.59 Å². The normalized spacial score (nSPS) is 11.0. The molecule has 1 aromatic heterocycles. The highest BCUT2D eigenvalue weighted by Crippen LogP contribution is 2.17. The SMILES string of the molecule is NC(=O)c1cc(C(=O)C=Cc2ccc(F)c(F)c2F)sn1. The topological polar surface area (TPSA) is 73.1 Å². The number of carbonyl (C=O) groups is 2. The Labute approximate surface area is 120 Å². The first-order valence-electron chi connectivity index (χ1n) is 5.52. The molecule has 2 aromatic rings. The Hall–Kier alpha value is -2.48. The van der Waals surface area contributed by atoms with Crippen molar-refractivity contribution in [2.24, 2.45) is 5.73 Å². The van der Waals surface area contributed by atoms with Gasteiger partial charge in [-0.2, -0.15) is 4.37 Å². The van der Waals surface area contributed by atoms with E-state index in [-0.39, 0.29) is 16.1 Å². The average molecular weight is 312 g/mol. The third kappa shape index (κ3) is 3.16. The summed E-state index contributed by atoms with van der Waals surface area (Å²) in [5, 5.41) is 0. The average Bonchev–Trinajstić information content (AvgIpc) is 2.94. The monoisotopic (exact) mass is 312 g/mol. The van der Waals surface area contributed by atoms with Crippen LogP contribution < -0.4 is 5.73 Å². The van der Waals surface area contributed by atoms with Gasteiger partial charge in [0.25, 0.3) is 5.91 Å². The maximum Gasteiger partial charge on any atom is 0.268 e. The fourth-order valence-electron chi connectivity index (χ4n) is 1.42. The number of benzene rings is 1. The predicted molar refractivity (Wildman–Crippen MR) is 70.3 cm³/mol. The van der Waals surface area contributed by atoms with Gasteiger partial charge >= 0.3 is 0 Å². The molecular formula is C13H7F3N2O2S. The fraction of sp³-hybridized carbons (Fsp3) is 0. The molecule has 0 saturated carbocycles. The molecule has 1 amide bonds. The van der Waals surface area contributed by atoms with E-state index in [1.165, 1.54) is 6.07 Å². The number of hydrogen-bond acceptors (Lipinski definition) is 4. The number of ketones is 1. The summed E-state index contributed by atoms with van der Waals surface area (Å²) in [6, 6.07) is 2.95. The van der Waals surface area contributed by atoms with Crippen molar-refractivity contribution in [2.75, 3.05) is 0 Å². The van der Waals surface area contributed by atoms with Crippen LogP contribution in [0.15, 0.2) is 24.3 Å². The quantitative estimate of drug-likeness (QED) is 0.536. The Balaban J connectivity index is 2.22. The molecule has 0 spiro atoms. The molecule has 0 bridgehead atoms. The highest BCUT2D eigenvalue weighted by Gasteiger charge is 2.13. The van der Waals surface area contributed by atoms with E-state index in [1.54, 1.807) is 0 Å². The van der Waals surface area contributed by atoms with Crippen LogP contribution in [-0.4, -0.2) is 16.1 Å². The molecule has 0 unspecified atom stereocenters. The number of amides is 1. The summed E-state index contributed by atoms with van der Waals surface area (Å²) in [6.07, 6.45) is 1.97. The van der Waals surface area contributed by atoms with Crippen molar-refractivity contribution >= 4 is 29.3 Å². The maximum atomic E-state index is 13.4. The molecule has 0 saturated heterocycles. The van der Waals surface area contributed by atoms with Gasteiger partial charge in [-0.15, -0.1) is 0 Å². The Morgan fingerprint density at radius 2 is 1.90 bits per heavy atom. The fourth-order valence-corrected chi connectivity index (χ4v) is 2.09. The number of primary amides is 1. The van der Waals surface area contributed by atoms with Crippen LogP contribution in [0.4, 0.5) is 13.2 Å². The Bertz CT molecular complexity index is 756. The lowest BCUT2D eigenvalue weighted by molar-refractivity contribution is 0.0996. The molecule has 0 fully saturated rings. The summed E-state index contributed by atoms with van der Waals surface area (Å²) in [7, 11) is 0. The van der Waals surface area contributed by atoms with E-state index in [1.807, 2.05) is 0 Å². The van der Waals surface area contributed by atoms with Gasteiger partial charge in [0.15, 0.2) is 23.2 Å². The van der Waals surface area contributed by atoms with Crippen LogP contribution in [0, 0.1) is 17.5 Å². The second-order valence-electron chi connectivity index (χ2n) is 3.90. The zero-order valence-electron chi connectivity index (χ0n) is 10.3. The lowest BCUT2D eigenvalue weighted by Gasteiger charge is -1.98. The minimum Gasteiger partial charge on any atom is -0.364 e. The first-order chi connectivity index (χ1) is 9.90. The molecule has 0 aliphatic heterocycles. The summed E-state index contributed by atoms with van der Waals surface area (Å²) in [4.78, 5) is 22.7. The molecule has 2 N–H and O–H groups in total. The van der Waals surface area contributed by atoms with E-state index in [4.69, 9.17) is 5.73 Å². The van der Waals surface area contributed by atoms with Crippen LogP contribution in [0.1, 0.15) is 25.7 Å². The summed E-state index contributed by atoms with van der Waals surface area (Å²) < 4.78 is 42.8. The second-order valence-corrected chi connectivity index (χ2v) is 4.71. The Morgan fingerprint density at radius 3 is 2.52 bits per heavy atom. The molecule has 8 heteroatoms. The van der Waals surface area contributed by atoms with Crippen molar-refractivity contribution in [1.29, 1.82) is 0 Å². The Morgan fingerprint density at radius 1 is 1.19 bits per heavy atom. The summed E-state index contributed by atoms with van der Waals surface area (Å²) in [6.45, 7) is 0. The van der Waals surface area contributed by atoms with E-state index < -0.39 is 29.1 Å². The van der Waals surface area contributed by atoms with Crippen molar-refractivity contribution in [2.45, 2.75) is 0 Å². The van der Waals surface area contributed by atoms with Crippen molar-refractivity contribution in [1.82, 2.24) is 4.37 Å². The molecule has 0 atom stereocenters.